The van der Waals surface area contributed by atoms with Gasteiger partial charge in [0.15, 0.2) is 0 Å². The molecule has 3 fully saturated rings. The number of thioether (sulfide) groups is 1. The Hall–Kier alpha value is -3.10. The van der Waals surface area contributed by atoms with Crippen LogP contribution in [-0.4, -0.2) is 69.6 Å². The van der Waals surface area contributed by atoms with Crippen LogP contribution in [0.25, 0.3) is 0 Å². The van der Waals surface area contributed by atoms with E-state index < -0.39 is 28.7 Å². The van der Waals surface area contributed by atoms with Crippen molar-refractivity contribution < 1.29 is 24.2 Å². The van der Waals surface area contributed by atoms with Gasteiger partial charge in [0.25, 0.3) is 5.91 Å². The molecule has 5 rings (SSSR count). The van der Waals surface area contributed by atoms with Crippen LogP contribution < -0.4 is 4.90 Å². The third-order valence-electron chi connectivity index (χ3n) is 8.68. The van der Waals surface area contributed by atoms with Crippen molar-refractivity contribution in [2.45, 2.75) is 62.1 Å². The molecule has 2 aromatic carbocycles. The summed E-state index contributed by atoms with van der Waals surface area (Å²) in [6.45, 7) is 9.85. The van der Waals surface area contributed by atoms with E-state index in [-0.39, 0.29) is 42.8 Å². The fraction of sp³-hybridized carbons (Fsp3) is 0.469. The SMILES string of the molecule is C=CCN(C(=O)C1N([C@@H](CO)Cc2ccccc2)C(=O)[C@@H]2[C@H](C(=O)OCC)[C@@H]3CCC12S3)c1cc(C)ccc1C. The van der Waals surface area contributed by atoms with Crippen LogP contribution in [0.3, 0.4) is 0 Å². The van der Waals surface area contributed by atoms with E-state index >= 15 is 0 Å². The average Bonchev–Trinajstić information content (AvgIpc) is 3.59. The number of anilines is 1. The van der Waals surface area contributed by atoms with E-state index in [1.807, 2.05) is 62.4 Å². The highest BCUT2D eigenvalue weighted by Crippen LogP contribution is 2.67. The predicted molar refractivity (Wildman–Crippen MR) is 157 cm³/mol. The number of aliphatic hydroxyl groups is 1. The molecular weight excluding hydrogens is 524 g/mol. The first-order valence-corrected chi connectivity index (χ1v) is 15.0. The van der Waals surface area contributed by atoms with Crippen molar-refractivity contribution in [1.82, 2.24) is 4.90 Å². The van der Waals surface area contributed by atoms with Gasteiger partial charge in [0, 0.05) is 17.5 Å². The molecule has 3 aliphatic rings. The van der Waals surface area contributed by atoms with Crippen molar-refractivity contribution in [2.24, 2.45) is 11.8 Å². The fourth-order valence-corrected chi connectivity index (χ4v) is 9.19. The molecule has 0 aromatic heterocycles. The molecule has 2 amide bonds. The quantitative estimate of drug-likeness (QED) is 0.347. The monoisotopic (exact) mass is 562 g/mol. The maximum Gasteiger partial charge on any atom is 0.310 e. The molecule has 3 saturated heterocycles. The van der Waals surface area contributed by atoms with E-state index in [2.05, 4.69) is 6.58 Å². The van der Waals surface area contributed by atoms with E-state index in [1.54, 1.807) is 34.6 Å². The van der Waals surface area contributed by atoms with E-state index in [0.717, 1.165) is 28.8 Å². The molecule has 40 heavy (non-hydrogen) atoms. The third-order valence-corrected chi connectivity index (χ3v) is 10.6. The number of hydrogen-bond acceptors (Lipinski definition) is 6. The average molecular weight is 563 g/mol. The number of fused-ring (bicyclic) bond motifs is 1. The number of amides is 2. The third kappa shape index (κ3) is 4.65. The normalized spacial score (nSPS) is 27.4. The van der Waals surface area contributed by atoms with Gasteiger partial charge in [-0.05, 0) is 62.8 Å². The summed E-state index contributed by atoms with van der Waals surface area (Å²) < 4.78 is 4.68. The molecule has 2 aromatic rings. The first-order chi connectivity index (χ1) is 19.3. The smallest absolute Gasteiger partial charge is 0.310 e. The minimum Gasteiger partial charge on any atom is -0.466 e. The number of esters is 1. The van der Waals surface area contributed by atoms with Gasteiger partial charge in [0.1, 0.15) is 6.04 Å². The zero-order valence-corrected chi connectivity index (χ0v) is 24.2. The first-order valence-electron chi connectivity index (χ1n) is 14.1. The van der Waals surface area contributed by atoms with Crippen LogP contribution in [-0.2, 0) is 25.5 Å². The predicted octanol–water partition coefficient (Wildman–Crippen LogP) is 4.08. The minimum atomic E-state index is -0.833. The molecule has 0 aliphatic carbocycles. The van der Waals surface area contributed by atoms with Gasteiger partial charge in [0.05, 0.1) is 35.8 Å². The zero-order valence-electron chi connectivity index (χ0n) is 23.4. The van der Waals surface area contributed by atoms with Crippen LogP contribution >= 0.6 is 11.8 Å². The summed E-state index contributed by atoms with van der Waals surface area (Å²) in [5.41, 5.74) is 3.71. The lowest BCUT2D eigenvalue weighted by atomic mass is 9.71. The van der Waals surface area contributed by atoms with Gasteiger partial charge in [-0.25, -0.2) is 0 Å². The molecule has 212 valence electrons. The highest BCUT2D eigenvalue weighted by molar-refractivity contribution is 8.02. The summed E-state index contributed by atoms with van der Waals surface area (Å²) in [7, 11) is 0. The Balaban J connectivity index is 1.62. The second kappa shape index (κ2) is 11.4. The molecule has 2 bridgehead atoms. The topological polar surface area (TPSA) is 87.2 Å². The minimum absolute atomic E-state index is 0.0688. The number of carbonyl (C=O) groups excluding carboxylic acids is 3. The van der Waals surface area contributed by atoms with Gasteiger partial charge >= 0.3 is 5.97 Å². The summed E-state index contributed by atoms with van der Waals surface area (Å²) in [6.07, 6.45) is 3.49. The highest BCUT2D eigenvalue weighted by Gasteiger charge is 2.74. The van der Waals surface area contributed by atoms with E-state index in [4.69, 9.17) is 4.74 Å². The molecule has 7 nitrogen and oxygen atoms in total. The Bertz CT molecular complexity index is 1300. The van der Waals surface area contributed by atoms with E-state index in [9.17, 15) is 19.5 Å². The second-order valence-corrected chi connectivity index (χ2v) is 12.7. The maximum absolute atomic E-state index is 14.8. The van der Waals surface area contributed by atoms with Crippen LogP contribution in [0.15, 0.2) is 61.2 Å². The lowest BCUT2D eigenvalue weighted by Crippen LogP contribution is -2.58. The lowest BCUT2D eigenvalue weighted by molar-refractivity contribution is -0.154. The van der Waals surface area contributed by atoms with Crippen molar-refractivity contribution >= 4 is 35.2 Å². The van der Waals surface area contributed by atoms with Crippen molar-refractivity contribution in [3.8, 4) is 0 Å². The Labute approximate surface area is 240 Å². The number of nitrogens with zero attached hydrogens (tertiary/aromatic N) is 2. The summed E-state index contributed by atoms with van der Waals surface area (Å²) in [6, 6.07) is 14.2. The van der Waals surface area contributed by atoms with E-state index in [0.29, 0.717) is 12.8 Å². The van der Waals surface area contributed by atoms with Crippen LogP contribution in [0.5, 0.6) is 0 Å². The molecule has 2 unspecified atom stereocenters. The van der Waals surface area contributed by atoms with Crippen molar-refractivity contribution in [2.75, 3.05) is 24.7 Å². The van der Waals surface area contributed by atoms with Crippen LogP contribution in [0.2, 0.25) is 0 Å². The Morgan fingerprint density at radius 2 is 2.00 bits per heavy atom. The van der Waals surface area contributed by atoms with Crippen molar-refractivity contribution in [3.05, 3.63) is 77.9 Å². The van der Waals surface area contributed by atoms with Gasteiger partial charge in [-0.15, -0.1) is 18.3 Å². The number of rotatable bonds is 10. The first kappa shape index (κ1) is 28.4. The summed E-state index contributed by atoms with van der Waals surface area (Å²) in [4.78, 5) is 45.8. The lowest BCUT2D eigenvalue weighted by Gasteiger charge is -2.40. The number of hydrogen-bond donors (Lipinski definition) is 1. The van der Waals surface area contributed by atoms with Crippen LogP contribution in [0.4, 0.5) is 5.69 Å². The Morgan fingerprint density at radius 3 is 2.67 bits per heavy atom. The number of carbonyl (C=O) groups is 3. The molecule has 8 heteroatoms. The molecule has 3 heterocycles. The van der Waals surface area contributed by atoms with Gasteiger partial charge in [-0.2, -0.15) is 0 Å². The summed E-state index contributed by atoms with van der Waals surface area (Å²) in [5.74, 6) is -2.07. The largest absolute Gasteiger partial charge is 0.466 e. The van der Waals surface area contributed by atoms with Crippen molar-refractivity contribution in [3.63, 3.8) is 0 Å². The molecule has 1 N–H and O–H groups in total. The van der Waals surface area contributed by atoms with Gasteiger partial charge in [0.2, 0.25) is 5.91 Å². The van der Waals surface area contributed by atoms with E-state index in [1.165, 1.54) is 0 Å². The zero-order chi connectivity index (χ0) is 28.6. The fourth-order valence-electron chi connectivity index (χ4n) is 7.00. The molecule has 3 aliphatic heterocycles. The number of aliphatic hydroxyl groups excluding tert-OH is 1. The van der Waals surface area contributed by atoms with Gasteiger partial charge in [-0.3, -0.25) is 14.4 Å². The Kier molecular flexibility index (Phi) is 8.11. The standard InChI is InChI=1S/C32H38N2O5S/c1-5-16-33(24-17-20(3)12-13-21(24)4)30(37)28-32-15-14-25(40-32)26(31(38)39-6-2)27(32)29(36)34(28)23(19-35)18-22-10-8-7-9-11-22/h5,7-13,17,23,25-28,35H,1,6,14-16,18-19H2,2-4H3/t23-,25+,26-,27+,28?,32?/m1/s1. The molecule has 0 radical (unpaired) electrons. The molecule has 1 spiro atoms. The Morgan fingerprint density at radius 1 is 1.25 bits per heavy atom. The molecule has 6 atom stereocenters. The molecular formula is C32H38N2O5S. The van der Waals surface area contributed by atoms with Gasteiger partial charge in [-0.1, -0.05) is 48.5 Å². The van der Waals surface area contributed by atoms with Gasteiger partial charge < -0.3 is 19.6 Å². The second-order valence-electron chi connectivity index (χ2n) is 11.1. The molecule has 0 saturated carbocycles. The summed E-state index contributed by atoms with van der Waals surface area (Å²) >= 11 is 1.61. The van der Waals surface area contributed by atoms with Crippen LogP contribution in [0, 0.1) is 25.7 Å². The highest BCUT2D eigenvalue weighted by atomic mass is 32.2. The maximum atomic E-state index is 14.8. The number of likely N-dealkylation sites (tertiary alicyclic amines) is 1. The summed E-state index contributed by atoms with van der Waals surface area (Å²) in [5, 5.41) is 10.6. The number of aryl methyl sites for hydroxylation is 2. The van der Waals surface area contributed by atoms with Crippen molar-refractivity contribution in [1.29, 1.82) is 0 Å². The van der Waals surface area contributed by atoms with Crippen LogP contribution in [0.1, 0.15) is 36.5 Å². The number of benzene rings is 2. The number of ether oxygens (including phenoxy) is 1.